The van der Waals surface area contributed by atoms with Crippen molar-refractivity contribution in [2.24, 2.45) is 0 Å². The van der Waals surface area contributed by atoms with Crippen LogP contribution in [0.3, 0.4) is 0 Å². The van der Waals surface area contributed by atoms with Crippen LogP contribution >= 0.6 is 0 Å². The molecule has 3 aromatic heterocycles. The molecule has 0 bridgehead atoms. The lowest BCUT2D eigenvalue weighted by atomic mass is 10.1. The number of aromatic nitrogens is 9. The molecule has 0 aliphatic heterocycles. The van der Waals surface area contributed by atoms with Gasteiger partial charge in [-0.25, -0.2) is 27.6 Å². The third-order valence-electron chi connectivity index (χ3n) is 5.72. The number of hydrogen-bond acceptors (Lipinski definition) is 10. The van der Waals surface area contributed by atoms with Gasteiger partial charge in [-0.1, -0.05) is 27.7 Å². The Hall–Kier alpha value is -7.23. The Morgan fingerprint density at radius 1 is 0.549 bits per heavy atom. The summed E-state index contributed by atoms with van der Waals surface area (Å²) in [4.78, 5) is 35.9. The highest BCUT2D eigenvalue weighted by Gasteiger charge is 2.18. The van der Waals surface area contributed by atoms with Crippen LogP contribution < -0.4 is 0 Å². The maximum Gasteiger partial charge on any atom is 0.338 e. The summed E-state index contributed by atoms with van der Waals surface area (Å²) < 4.78 is 38.7. The molecule has 0 atom stereocenters. The van der Waals surface area contributed by atoms with Crippen molar-refractivity contribution in [1.82, 2.24) is 45.0 Å². The van der Waals surface area contributed by atoms with Crippen LogP contribution in [0.5, 0.6) is 0 Å². The molecule has 19 heteroatoms. The van der Waals surface area contributed by atoms with E-state index in [0.717, 1.165) is 27.8 Å². The van der Waals surface area contributed by atoms with Gasteiger partial charge < -0.3 is 15.3 Å². The molecule has 264 valence electrons. The van der Waals surface area contributed by atoms with Gasteiger partial charge in [-0.15, -0.1) is 0 Å². The molecule has 3 N–H and O–H groups in total. The lowest BCUT2D eigenvalue weighted by Gasteiger charge is -2.05. The zero-order chi connectivity index (χ0) is 38.1. The predicted octanol–water partition coefficient (Wildman–Crippen LogP) is 5.24. The quantitative estimate of drug-likeness (QED) is 0.202. The van der Waals surface area contributed by atoms with Crippen LogP contribution in [-0.2, 0) is 0 Å². The molecule has 51 heavy (non-hydrogen) atoms. The zero-order valence-corrected chi connectivity index (χ0v) is 27.3. The molecule has 0 radical (unpaired) electrons. The van der Waals surface area contributed by atoms with E-state index in [-0.39, 0.29) is 28.1 Å². The van der Waals surface area contributed by atoms with Crippen LogP contribution in [0, 0.1) is 28.8 Å². The second kappa shape index (κ2) is 19.6. The van der Waals surface area contributed by atoms with Crippen molar-refractivity contribution < 1.29 is 42.9 Å². The molecule has 0 unspecified atom stereocenters. The minimum Gasteiger partial charge on any atom is -0.478 e. The zero-order valence-electron chi connectivity index (χ0n) is 27.3. The summed E-state index contributed by atoms with van der Waals surface area (Å²) in [6.45, 7) is 8.00. The topological polar surface area (TPSA) is 228 Å². The molecule has 0 aliphatic rings. The van der Waals surface area contributed by atoms with Crippen molar-refractivity contribution in [1.29, 1.82) is 5.26 Å². The monoisotopic (exact) mass is 706 g/mol. The molecule has 6 rings (SSSR count). The molecule has 0 saturated heterocycles. The van der Waals surface area contributed by atoms with Gasteiger partial charge >= 0.3 is 17.9 Å². The summed E-state index contributed by atoms with van der Waals surface area (Å²) >= 11 is 0. The average Bonchev–Trinajstić information content (AvgIpc) is 3.96. The lowest BCUT2D eigenvalue weighted by Crippen LogP contribution is -2.09. The largest absolute Gasteiger partial charge is 0.478 e. The molecule has 0 saturated carbocycles. The van der Waals surface area contributed by atoms with Gasteiger partial charge in [0.25, 0.3) is 0 Å². The van der Waals surface area contributed by atoms with Crippen LogP contribution in [0.1, 0.15) is 64.3 Å². The summed E-state index contributed by atoms with van der Waals surface area (Å²) in [5.41, 5.74) is 0.131. The first-order chi connectivity index (χ1) is 24.5. The smallest absolute Gasteiger partial charge is 0.338 e. The first-order valence-electron chi connectivity index (χ1n) is 14.6. The summed E-state index contributed by atoms with van der Waals surface area (Å²) in [5.74, 6) is -6.72. The molecular weight excluding hydrogens is 677 g/mol. The van der Waals surface area contributed by atoms with Crippen LogP contribution in [0.15, 0.2) is 85.7 Å². The van der Waals surface area contributed by atoms with E-state index in [2.05, 4.69) is 30.6 Å². The molecule has 3 aromatic carbocycles. The van der Waals surface area contributed by atoms with Crippen LogP contribution in [0.25, 0.3) is 17.1 Å². The summed E-state index contributed by atoms with van der Waals surface area (Å²) in [6.07, 6.45) is 8.32. The van der Waals surface area contributed by atoms with E-state index in [1.807, 2.05) is 33.8 Å². The SMILES string of the molecule is CC.CC.N#Cc1ccc(-n2nccn2)c(C(=O)O)c1.O=C(O)c1cc(F)c(F)cc1-n1nccn1.O=C(O)c1cc(F)ccc1-n1nccn1. The number of carboxylic acids is 3. The van der Waals surface area contributed by atoms with Crippen LogP contribution in [0.2, 0.25) is 0 Å². The minimum atomic E-state index is -1.38. The third-order valence-corrected chi connectivity index (χ3v) is 5.72. The van der Waals surface area contributed by atoms with E-state index >= 15 is 0 Å². The predicted molar refractivity (Wildman–Crippen MR) is 172 cm³/mol. The van der Waals surface area contributed by atoms with Gasteiger partial charge in [0.1, 0.15) is 22.9 Å². The van der Waals surface area contributed by atoms with Crippen LogP contribution in [0.4, 0.5) is 13.2 Å². The van der Waals surface area contributed by atoms with Gasteiger partial charge in [0.05, 0.1) is 65.5 Å². The fraction of sp³-hybridized carbons (Fsp3) is 0.125. The number of nitrogens with zero attached hydrogens (tertiary/aromatic N) is 10. The van der Waals surface area contributed by atoms with E-state index in [9.17, 15) is 27.6 Å². The van der Waals surface area contributed by atoms with E-state index in [0.29, 0.717) is 11.8 Å². The number of benzene rings is 3. The number of nitriles is 1. The molecule has 0 spiro atoms. The summed E-state index contributed by atoms with van der Waals surface area (Å²) in [6, 6.07) is 10.9. The fourth-order valence-electron chi connectivity index (χ4n) is 3.70. The van der Waals surface area contributed by atoms with Gasteiger partial charge in [-0.3, -0.25) is 0 Å². The molecule has 0 amide bonds. The van der Waals surface area contributed by atoms with Crippen molar-refractivity contribution in [2.75, 3.05) is 0 Å². The van der Waals surface area contributed by atoms with Gasteiger partial charge in [0, 0.05) is 6.07 Å². The van der Waals surface area contributed by atoms with E-state index in [4.69, 9.17) is 20.6 Å². The normalized spacial score (nSPS) is 9.53. The molecular formula is C32H29F3N10O6. The van der Waals surface area contributed by atoms with Gasteiger partial charge in [-0.05, 0) is 42.5 Å². The van der Waals surface area contributed by atoms with E-state index < -0.39 is 40.9 Å². The van der Waals surface area contributed by atoms with Crippen molar-refractivity contribution in [3.05, 3.63) is 125 Å². The van der Waals surface area contributed by atoms with Gasteiger partial charge in [0.15, 0.2) is 11.6 Å². The highest BCUT2D eigenvalue weighted by Crippen LogP contribution is 2.18. The van der Waals surface area contributed by atoms with Gasteiger partial charge in [-0.2, -0.15) is 50.2 Å². The van der Waals surface area contributed by atoms with Crippen molar-refractivity contribution >= 4 is 17.9 Å². The summed E-state index contributed by atoms with van der Waals surface area (Å²) in [7, 11) is 0. The second-order valence-electron chi connectivity index (χ2n) is 8.66. The maximum atomic E-state index is 13.0. The third kappa shape index (κ3) is 10.6. The van der Waals surface area contributed by atoms with Gasteiger partial charge in [0.2, 0.25) is 0 Å². The Bertz CT molecular complexity index is 2080. The molecule has 16 nitrogen and oxygen atoms in total. The molecule has 0 fully saturated rings. The number of rotatable bonds is 6. The number of hydrogen-bond donors (Lipinski definition) is 3. The first-order valence-corrected chi connectivity index (χ1v) is 14.6. The Labute approximate surface area is 287 Å². The molecule has 0 aliphatic carbocycles. The Morgan fingerprint density at radius 2 is 0.902 bits per heavy atom. The first kappa shape index (κ1) is 39.9. The number of carboxylic acid groups (broad SMARTS) is 3. The van der Waals surface area contributed by atoms with Crippen molar-refractivity contribution in [2.45, 2.75) is 27.7 Å². The highest BCUT2D eigenvalue weighted by atomic mass is 19.2. The number of carbonyl (C=O) groups is 3. The Kier molecular flexibility index (Phi) is 15.3. The second-order valence-corrected chi connectivity index (χ2v) is 8.66. The Balaban J connectivity index is 0.000000252. The summed E-state index contributed by atoms with van der Waals surface area (Å²) in [5, 5.41) is 57.9. The lowest BCUT2D eigenvalue weighted by molar-refractivity contribution is 0.0685. The highest BCUT2D eigenvalue weighted by molar-refractivity contribution is 5.93. The van der Waals surface area contributed by atoms with E-state index in [1.165, 1.54) is 66.2 Å². The Morgan fingerprint density at radius 3 is 1.31 bits per heavy atom. The maximum absolute atomic E-state index is 13.0. The van der Waals surface area contributed by atoms with Crippen LogP contribution in [-0.4, -0.2) is 78.2 Å². The number of aromatic carboxylic acids is 3. The van der Waals surface area contributed by atoms with Crippen molar-refractivity contribution in [3.8, 4) is 23.1 Å². The van der Waals surface area contributed by atoms with Crippen molar-refractivity contribution in [3.63, 3.8) is 0 Å². The van der Waals surface area contributed by atoms with E-state index in [1.54, 1.807) is 0 Å². The minimum absolute atomic E-state index is 0.00440. The fourth-order valence-corrected chi connectivity index (χ4v) is 3.70. The molecule has 6 aromatic rings. The molecule has 3 heterocycles. The number of halogens is 3. The average molecular weight is 707 g/mol. The standard InChI is InChI=1S/C10H6N4O2.C9H5F2N3O2.C9H6FN3O2.2C2H6/c11-6-7-1-2-9(8(5-7)10(15)16)14-12-3-4-13-14;10-6-3-5(9(15)16)8(4-7(6)11)14-12-1-2-13-14;10-6-1-2-8(7(5-6)9(14)15)13-11-3-4-12-13;2*1-2/h1-5H,(H,15,16);1-4H,(H,15,16);1-5H,(H,14,15);2*1-2H3.